The van der Waals surface area contributed by atoms with E-state index < -0.39 is 0 Å². The van der Waals surface area contributed by atoms with Gasteiger partial charge >= 0.3 is 5.97 Å². The Morgan fingerprint density at radius 1 is 1.32 bits per heavy atom. The van der Waals surface area contributed by atoms with Gasteiger partial charge in [-0.25, -0.2) is 4.79 Å². The quantitative estimate of drug-likeness (QED) is 0.600. The Balaban J connectivity index is 2.13. The lowest BCUT2D eigenvalue weighted by atomic mass is 9.83. The second kappa shape index (κ2) is 5.87. The Labute approximate surface area is 114 Å². The van der Waals surface area contributed by atoms with E-state index in [1.807, 2.05) is 25.1 Å². The lowest BCUT2D eigenvalue weighted by Gasteiger charge is -2.29. The molecule has 19 heavy (non-hydrogen) atoms. The zero-order chi connectivity index (χ0) is 13.8. The minimum atomic E-state index is -0.261. The van der Waals surface area contributed by atoms with Gasteiger partial charge in [0.25, 0.3) is 0 Å². The maximum Gasteiger partial charge on any atom is 0.338 e. The molecule has 100 valence electrons. The standard InChI is InChI=1S/C17H20O2/c1-12(2)15-10-9-13(3)11-16(15)19-17(18)14-7-5-4-6-8-14/h4-8,11,15-16H,1,9-10H2,2-3H3/t15-,16-/m0/s1. The van der Waals surface area contributed by atoms with Gasteiger partial charge < -0.3 is 4.74 Å². The summed E-state index contributed by atoms with van der Waals surface area (Å²) < 4.78 is 5.65. The third-order valence-corrected chi connectivity index (χ3v) is 3.58. The van der Waals surface area contributed by atoms with Gasteiger partial charge in [-0.3, -0.25) is 0 Å². The molecule has 0 aliphatic heterocycles. The summed E-state index contributed by atoms with van der Waals surface area (Å²) in [5.41, 5.74) is 2.96. The van der Waals surface area contributed by atoms with Crippen LogP contribution in [0.15, 0.2) is 54.1 Å². The molecule has 0 N–H and O–H groups in total. The highest BCUT2D eigenvalue weighted by Crippen LogP contribution is 2.30. The second-order valence-corrected chi connectivity index (χ2v) is 5.24. The van der Waals surface area contributed by atoms with Crippen LogP contribution in [0.1, 0.15) is 37.0 Å². The van der Waals surface area contributed by atoms with Crippen molar-refractivity contribution in [2.45, 2.75) is 32.8 Å². The lowest BCUT2D eigenvalue weighted by Crippen LogP contribution is -2.29. The number of esters is 1. The summed E-state index contributed by atoms with van der Waals surface area (Å²) in [7, 11) is 0. The molecule has 0 unspecified atom stereocenters. The van der Waals surface area contributed by atoms with E-state index in [1.165, 1.54) is 5.57 Å². The van der Waals surface area contributed by atoms with Crippen LogP contribution >= 0.6 is 0 Å². The van der Waals surface area contributed by atoms with Crippen molar-refractivity contribution in [3.8, 4) is 0 Å². The highest BCUT2D eigenvalue weighted by molar-refractivity contribution is 5.89. The van der Waals surface area contributed by atoms with E-state index in [2.05, 4.69) is 19.6 Å². The Hall–Kier alpha value is -1.83. The number of allylic oxidation sites excluding steroid dienone is 1. The van der Waals surface area contributed by atoms with Crippen molar-refractivity contribution >= 4 is 5.97 Å². The Morgan fingerprint density at radius 2 is 2.00 bits per heavy atom. The summed E-state index contributed by atoms with van der Waals surface area (Å²) in [5, 5.41) is 0. The molecule has 2 nitrogen and oxygen atoms in total. The third-order valence-electron chi connectivity index (χ3n) is 3.58. The van der Waals surface area contributed by atoms with Crippen LogP contribution in [-0.2, 0) is 4.74 Å². The number of hydrogen-bond acceptors (Lipinski definition) is 2. The normalized spacial score (nSPS) is 22.5. The molecule has 0 bridgehead atoms. The SMILES string of the molecule is C=C(C)[C@@H]1CCC(C)=C[C@@H]1OC(=O)c1ccccc1. The molecule has 2 heteroatoms. The molecule has 0 fully saturated rings. The molecule has 0 saturated carbocycles. The van der Waals surface area contributed by atoms with E-state index in [1.54, 1.807) is 12.1 Å². The summed E-state index contributed by atoms with van der Waals surface area (Å²) in [6, 6.07) is 9.12. The molecule has 0 spiro atoms. The van der Waals surface area contributed by atoms with Gasteiger partial charge in [0.05, 0.1) is 5.56 Å². The van der Waals surface area contributed by atoms with E-state index >= 15 is 0 Å². The van der Waals surface area contributed by atoms with Crippen LogP contribution in [0.2, 0.25) is 0 Å². The fourth-order valence-electron chi connectivity index (χ4n) is 2.44. The Kier molecular flexibility index (Phi) is 4.20. The summed E-state index contributed by atoms with van der Waals surface area (Å²) in [5.74, 6) is -0.0286. The van der Waals surface area contributed by atoms with Crippen molar-refractivity contribution in [3.63, 3.8) is 0 Å². The average molecular weight is 256 g/mol. The average Bonchev–Trinajstić information content (AvgIpc) is 2.39. The molecule has 0 amide bonds. The van der Waals surface area contributed by atoms with Crippen molar-refractivity contribution in [3.05, 3.63) is 59.7 Å². The molecule has 1 aliphatic rings. The zero-order valence-corrected chi connectivity index (χ0v) is 11.6. The molecule has 0 saturated heterocycles. The molecule has 1 aromatic rings. The third kappa shape index (κ3) is 3.34. The maximum absolute atomic E-state index is 12.1. The zero-order valence-electron chi connectivity index (χ0n) is 11.6. The van der Waals surface area contributed by atoms with Crippen molar-refractivity contribution in [1.29, 1.82) is 0 Å². The molecular formula is C17H20O2. The fraction of sp³-hybridized carbons (Fsp3) is 0.353. The van der Waals surface area contributed by atoms with Gasteiger partial charge in [0, 0.05) is 5.92 Å². The van der Waals surface area contributed by atoms with E-state index in [-0.39, 0.29) is 18.0 Å². The number of rotatable bonds is 3. The molecular weight excluding hydrogens is 236 g/mol. The number of carbonyl (C=O) groups is 1. The summed E-state index contributed by atoms with van der Waals surface area (Å²) in [6.45, 7) is 8.10. The predicted octanol–water partition coefficient (Wildman–Crippen LogP) is 4.14. The second-order valence-electron chi connectivity index (χ2n) is 5.24. The van der Waals surface area contributed by atoms with Crippen LogP contribution in [0, 0.1) is 5.92 Å². The topological polar surface area (TPSA) is 26.3 Å². The minimum Gasteiger partial charge on any atom is -0.454 e. The Bertz CT molecular complexity index is 499. The van der Waals surface area contributed by atoms with Crippen molar-refractivity contribution < 1.29 is 9.53 Å². The number of benzene rings is 1. The molecule has 0 heterocycles. The van der Waals surface area contributed by atoms with Gasteiger partial charge in [-0.2, -0.15) is 0 Å². The minimum absolute atomic E-state index is 0.182. The molecule has 0 radical (unpaired) electrons. The monoisotopic (exact) mass is 256 g/mol. The van der Waals surface area contributed by atoms with Crippen molar-refractivity contribution in [2.75, 3.05) is 0 Å². The Morgan fingerprint density at radius 3 is 2.63 bits per heavy atom. The molecule has 1 aliphatic carbocycles. The predicted molar refractivity (Wildman–Crippen MR) is 76.9 cm³/mol. The molecule has 2 atom stereocenters. The van der Waals surface area contributed by atoms with E-state index in [0.717, 1.165) is 18.4 Å². The van der Waals surface area contributed by atoms with Gasteiger partial charge in [0.2, 0.25) is 0 Å². The molecule has 1 aromatic carbocycles. The molecule has 2 rings (SSSR count). The first-order chi connectivity index (χ1) is 9.08. The van der Waals surface area contributed by atoms with Crippen LogP contribution in [0.3, 0.4) is 0 Å². The first-order valence-corrected chi connectivity index (χ1v) is 6.66. The van der Waals surface area contributed by atoms with E-state index in [9.17, 15) is 4.79 Å². The van der Waals surface area contributed by atoms with Gasteiger partial charge in [0.15, 0.2) is 0 Å². The largest absolute Gasteiger partial charge is 0.454 e. The van der Waals surface area contributed by atoms with Crippen LogP contribution in [0.25, 0.3) is 0 Å². The lowest BCUT2D eigenvalue weighted by molar-refractivity contribution is 0.0287. The number of ether oxygens (including phenoxy) is 1. The molecule has 0 aromatic heterocycles. The van der Waals surface area contributed by atoms with Crippen molar-refractivity contribution in [2.24, 2.45) is 5.92 Å². The van der Waals surface area contributed by atoms with Gasteiger partial charge in [-0.15, -0.1) is 0 Å². The highest BCUT2D eigenvalue weighted by Gasteiger charge is 2.27. The van der Waals surface area contributed by atoms with Crippen molar-refractivity contribution in [1.82, 2.24) is 0 Å². The first kappa shape index (κ1) is 13.6. The van der Waals surface area contributed by atoms with Crippen LogP contribution < -0.4 is 0 Å². The smallest absolute Gasteiger partial charge is 0.338 e. The highest BCUT2D eigenvalue weighted by atomic mass is 16.5. The van der Waals surface area contributed by atoms with Crippen LogP contribution in [-0.4, -0.2) is 12.1 Å². The summed E-state index contributed by atoms with van der Waals surface area (Å²) >= 11 is 0. The fourth-order valence-corrected chi connectivity index (χ4v) is 2.44. The number of carbonyl (C=O) groups excluding carboxylic acids is 1. The number of hydrogen-bond donors (Lipinski definition) is 0. The van der Waals surface area contributed by atoms with Gasteiger partial charge in [-0.1, -0.05) is 35.9 Å². The van der Waals surface area contributed by atoms with E-state index in [0.29, 0.717) is 5.56 Å². The summed E-state index contributed by atoms with van der Waals surface area (Å²) in [6.07, 6.45) is 3.93. The van der Waals surface area contributed by atoms with Gasteiger partial charge in [0.1, 0.15) is 6.10 Å². The van der Waals surface area contributed by atoms with Crippen LogP contribution in [0.4, 0.5) is 0 Å². The van der Waals surface area contributed by atoms with E-state index in [4.69, 9.17) is 4.74 Å². The first-order valence-electron chi connectivity index (χ1n) is 6.66. The van der Waals surface area contributed by atoms with Gasteiger partial charge in [-0.05, 0) is 44.9 Å². The summed E-state index contributed by atoms with van der Waals surface area (Å²) in [4.78, 5) is 12.1. The maximum atomic E-state index is 12.1. The van der Waals surface area contributed by atoms with Crippen LogP contribution in [0.5, 0.6) is 0 Å².